The van der Waals surface area contributed by atoms with Gasteiger partial charge in [0.25, 0.3) is 0 Å². The number of anilines is 2. The van der Waals surface area contributed by atoms with E-state index in [0.717, 1.165) is 12.3 Å². The Morgan fingerprint density at radius 1 is 1.53 bits per heavy atom. The molecule has 2 rings (SSSR count). The summed E-state index contributed by atoms with van der Waals surface area (Å²) in [5.41, 5.74) is 0.350. The summed E-state index contributed by atoms with van der Waals surface area (Å²) in [6.07, 6.45) is 4.11. The normalized spacial score (nSPS) is 10.2. The number of carboxylic acid groups (broad SMARTS) is 1. The Labute approximate surface area is 95.7 Å². The number of hydrogen-bond donors (Lipinski definition) is 2. The van der Waals surface area contributed by atoms with E-state index in [2.05, 4.69) is 15.4 Å². The predicted octanol–water partition coefficient (Wildman–Crippen LogP) is 1.40. The molecule has 0 saturated heterocycles. The van der Waals surface area contributed by atoms with Gasteiger partial charge < -0.3 is 10.4 Å². The Bertz CT molecular complexity index is 567. The molecule has 7 heteroatoms. The van der Waals surface area contributed by atoms with Crippen LogP contribution in [0.4, 0.5) is 15.9 Å². The van der Waals surface area contributed by atoms with Gasteiger partial charge in [-0.2, -0.15) is 5.10 Å². The molecule has 0 spiro atoms. The van der Waals surface area contributed by atoms with Crippen molar-refractivity contribution in [1.29, 1.82) is 0 Å². The molecule has 0 unspecified atom stereocenters. The van der Waals surface area contributed by atoms with Crippen LogP contribution in [0.25, 0.3) is 0 Å². The van der Waals surface area contributed by atoms with E-state index in [0.29, 0.717) is 5.69 Å². The zero-order valence-corrected chi connectivity index (χ0v) is 8.88. The third-order valence-corrected chi connectivity index (χ3v) is 2.05. The van der Waals surface area contributed by atoms with Crippen molar-refractivity contribution >= 4 is 17.5 Å². The average molecular weight is 236 g/mol. The van der Waals surface area contributed by atoms with Crippen molar-refractivity contribution < 1.29 is 14.3 Å². The second-order valence-electron chi connectivity index (χ2n) is 3.38. The molecule has 17 heavy (non-hydrogen) atoms. The maximum Gasteiger partial charge on any atom is 0.339 e. The molecular formula is C10H9FN4O2. The maximum absolute atomic E-state index is 12.9. The number of hydrogen-bond acceptors (Lipinski definition) is 4. The molecule has 0 bridgehead atoms. The van der Waals surface area contributed by atoms with E-state index in [9.17, 15) is 9.18 Å². The Hall–Kier alpha value is -2.44. The van der Waals surface area contributed by atoms with Crippen molar-refractivity contribution in [1.82, 2.24) is 14.8 Å². The van der Waals surface area contributed by atoms with Gasteiger partial charge >= 0.3 is 5.97 Å². The molecule has 0 aliphatic carbocycles. The molecule has 2 N–H and O–H groups in total. The summed E-state index contributed by atoms with van der Waals surface area (Å²) < 4.78 is 14.4. The summed E-state index contributed by atoms with van der Waals surface area (Å²) in [7, 11) is 1.72. The number of aromatic nitrogens is 3. The van der Waals surface area contributed by atoms with Crippen molar-refractivity contribution in [2.45, 2.75) is 0 Å². The van der Waals surface area contributed by atoms with Gasteiger partial charge in [-0.15, -0.1) is 0 Å². The van der Waals surface area contributed by atoms with E-state index in [1.165, 1.54) is 6.20 Å². The lowest BCUT2D eigenvalue weighted by Gasteiger charge is -2.05. The molecule has 2 heterocycles. The molecule has 2 aromatic heterocycles. The van der Waals surface area contributed by atoms with Crippen LogP contribution >= 0.6 is 0 Å². The van der Waals surface area contributed by atoms with E-state index in [4.69, 9.17) is 5.11 Å². The lowest BCUT2D eigenvalue weighted by atomic mass is 10.2. The summed E-state index contributed by atoms with van der Waals surface area (Å²) >= 11 is 0. The average Bonchev–Trinajstić information content (AvgIpc) is 2.66. The van der Waals surface area contributed by atoms with Crippen LogP contribution in [-0.4, -0.2) is 25.8 Å². The lowest BCUT2D eigenvalue weighted by Crippen LogP contribution is -2.05. The summed E-state index contributed by atoms with van der Waals surface area (Å²) in [4.78, 5) is 14.6. The zero-order chi connectivity index (χ0) is 12.4. The molecule has 0 atom stereocenters. The van der Waals surface area contributed by atoms with Crippen LogP contribution in [0.5, 0.6) is 0 Å². The van der Waals surface area contributed by atoms with Crippen LogP contribution in [0.3, 0.4) is 0 Å². The first-order valence-corrected chi connectivity index (χ1v) is 4.71. The van der Waals surface area contributed by atoms with Crippen molar-refractivity contribution in [3.05, 3.63) is 36.0 Å². The van der Waals surface area contributed by atoms with Gasteiger partial charge in [0.05, 0.1) is 18.1 Å². The van der Waals surface area contributed by atoms with Crippen molar-refractivity contribution in [2.24, 2.45) is 7.05 Å². The number of carboxylic acids is 1. The van der Waals surface area contributed by atoms with E-state index in [1.54, 1.807) is 17.9 Å². The predicted molar refractivity (Wildman–Crippen MR) is 57.6 cm³/mol. The van der Waals surface area contributed by atoms with Crippen LogP contribution in [0.2, 0.25) is 0 Å². The van der Waals surface area contributed by atoms with Gasteiger partial charge in [0, 0.05) is 13.2 Å². The molecule has 0 saturated carbocycles. The topological polar surface area (TPSA) is 80.0 Å². The van der Waals surface area contributed by atoms with Gasteiger partial charge in [-0.25, -0.2) is 14.2 Å². The molecular weight excluding hydrogens is 227 g/mol. The number of nitrogens with zero attached hydrogens (tertiary/aromatic N) is 3. The summed E-state index contributed by atoms with van der Waals surface area (Å²) in [6, 6.07) is 0.911. The lowest BCUT2D eigenvalue weighted by molar-refractivity contribution is 0.0697. The Kier molecular flexibility index (Phi) is 2.73. The molecule has 88 valence electrons. The highest BCUT2D eigenvalue weighted by atomic mass is 19.1. The highest BCUT2D eigenvalue weighted by Gasteiger charge is 2.13. The molecule has 0 radical (unpaired) electrons. The third-order valence-electron chi connectivity index (χ3n) is 2.05. The van der Waals surface area contributed by atoms with Crippen LogP contribution in [0.1, 0.15) is 10.4 Å². The van der Waals surface area contributed by atoms with Crippen molar-refractivity contribution in [3.8, 4) is 0 Å². The molecule has 0 fully saturated rings. The Balaban J connectivity index is 2.35. The molecule has 2 aromatic rings. The van der Waals surface area contributed by atoms with Gasteiger partial charge in [-0.3, -0.25) is 4.68 Å². The van der Waals surface area contributed by atoms with Crippen LogP contribution in [0, 0.1) is 5.82 Å². The van der Waals surface area contributed by atoms with Gasteiger partial charge in [0.15, 0.2) is 0 Å². The number of halogens is 1. The Morgan fingerprint density at radius 2 is 2.29 bits per heavy atom. The largest absolute Gasteiger partial charge is 0.478 e. The van der Waals surface area contributed by atoms with E-state index >= 15 is 0 Å². The second kappa shape index (κ2) is 4.20. The minimum atomic E-state index is -1.25. The first kappa shape index (κ1) is 11.1. The molecule has 0 aliphatic heterocycles. The molecule has 0 aromatic carbocycles. The monoisotopic (exact) mass is 236 g/mol. The van der Waals surface area contributed by atoms with E-state index in [-0.39, 0.29) is 11.4 Å². The summed E-state index contributed by atoms with van der Waals surface area (Å²) in [6.45, 7) is 0. The number of aromatic carboxylic acids is 1. The highest BCUT2D eigenvalue weighted by Crippen LogP contribution is 2.18. The van der Waals surface area contributed by atoms with Gasteiger partial charge in [-0.05, 0) is 6.07 Å². The fourth-order valence-electron chi connectivity index (χ4n) is 1.32. The van der Waals surface area contributed by atoms with Crippen molar-refractivity contribution in [3.63, 3.8) is 0 Å². The van der Waals surface area contributed by atoms with E-state index in [1.807, 2.05) is 0 Å². The molecule has 0 amide bonds. The third kappa shape index (κ3) is 2.39. The first-order valence-electron chi connectivity index (χ1n) is 4.71. The number of carbonyl (C=O) groups is 1. The standard InChI is InChI=1S/C10H9FN4O2/c1-15-5-7(4-13-15)14-9-8(10(16)17)2-6(11)3-12-9/h2-5H,1H3,(H,12,14)(H,16,17). The summed E-state index contributed by atoms with van der Waals surface area (Å²) in [5, 5.41) is 15.6. The SMILES string of the molecule is Cn1cc(Nc2ncc(F)cc2C(=O)O)cn1. The minimum absolute atomic E-state index is 0.0758. The maximum atomic E-state index is 12.9. The number of aryl methyl sites for hydroxylation is 1. The van der Waals surface area contributed by atoms with Gasteiger partial charge in [0.1, 0.15) is 17.2 Å². The summed E-state index contributed by atoms with van der Waals surface area (Å²) in [5.74, 6) is -1.87. The molecule has 0 aliphatic rings. The quantitative estimate of drug-likeness (QED) is 0.841. The second-order valence-corrected chi connectivity index (χ2v) is 3.38. The highest BCUT2D eigenvalue weighted by molar-refractivity contribution is 5.93. The smallest absolute Gasteiger partial charge is 0.339 e. The first-order chi connectivity index (χ1) is 8.06. The van der Waals surface area contributed by atoms with Crippen LogP contribution in [-0.2, 0) is 7.05 Å². The van der Waals surface area contributed by atoms with Crippen LogP contribution in [0.15, 0.2) is 24.7 Å². The fraction of sp³-hybridized carbons (Fsp3) is 0.100. The number of nitrogens with one attached hydrogen (secondary N) is 1. The number of rotatable bonds is 3. The van der Waals surface area contributed by atoms with Crippen molar-refractivity contribution in [2.75, 3.05) is 5.32 Å². The van der Waals surface area contributed by atoms with Crippen LogP contribution < -0.4 is 5.32 Å². The fourth-order valence-corrected chi connectivity index (χ4v) is 1.32. The minimum Gasteiger partial charge on any atom is -0.478 e. The Morgan fingerprint density at radius 3 is 2.88 bits per heavy atom. The zero-order valence-electron chi connectivity index (χ0n) is 8.88. The van der Waals surface area contributed by atoms with Gasteiger partial charge in [0.2, 0.25) is 0 Å². The van der Waals surface area contributed by atoms with E-state index < -0.39 is 11.8 Å². The molecule has 6 nitrogen and oxygen atoms in total. The number of pyridine rings is 1. The van der Waals surface area contributed by atoms with Gasteiger partial charge in [-0.1, -0.05) is 0 Å².